The molecule has 0 aliphatic rings. The Morgan fingerprint density at radius 2 is 1.19 bits per heavy atom. The molecule has 0 aliphatic carbocycles. The Balaban J connectivity index is -0.0000000677. The van der Waals surface area contributed by atoms with Crippen molar-refractivity contribution in [1.29, 1.82) is 0 Å². The first kappa shape index (κ1) is 25.3. The molecule has 4 nitrogen and oxygen atoms in total. The summed E-state index contributed by atoms with van der Waals surface area (Å²) in [5.41, 5.74) is 0. The molecule has 0 atom stereocenters. The van der Waals surface area contributed by atoms with Gasteiger partial charge in [0.2, 0.25) is 0 Å². The van der Waals surface area contributed by atoms with Crippen LogP contribution in [0.3, 0.4) is 0 Å². The van der Waals surface area contributed by atoms with Crippen molar-refractivity contribution in [2.24, 2.45) is 0 Å². The van der Waals surface area contributed by atoms with Crippen LogP contribution < -0.4 is 0 Å². The molecule has 0 saturated carbocycles. The normalized spacial score (nSPS) is 6.50. The molecule has 0 aliphatic heterocycles. The molecule has 0 bridgehead atoms. The van der Waals surface area contributed by atoms with Crippen LogP contribution in [0.1, 0.15) is 27.7 Å². The van der Waals surface area contributed by atoms with Crippen molar-refractivity contribution < 1.29 is 37.4 Å². The third-order valence-electron chi connectivity index (χ3n) is 0.418. The second-order valence-corrected chi connectivity index (χ2v) is 6.84. The molecule has 16 heavy (non-hydrogen) atoms. The van der Waals surface area contributed by atoms with Gasteiger partial charge in [0.1, 0.15) is 13.2 Å². The van der Waals surface area contributed by atoms with E-state index in [2.05, 4.69) is 0 Å². The summed E-state index contributed by atoms with van der Waals surface area (Å²) in [6.45, 7) is 7.58. The molecule has 0 aromatic carbocycles. The number of carbonyl (C=O) groups excluding carboxylic acids is 2. The first-order chi connectivity index (χ1) is 7.37. The molecule has 7 heteroatoms. The molecular weight excluding hydrogens is 424 g/mol. The van der Waals surface area contributed by atoms with Crippen molar-refractivity contribution in [2.45, 2.75) is 27.7 Å². The zero-order valence-electron chi connectivity index (χ0n) is 10.1. The number of hydrogen-bond acceptors (Lipinski definition) is 0. The molecule has 0 aromatic rings. The Morgan fingerprint density at radius 1 is 1.06 bits per heavy atom. The Kier molecular flexibility index (Phi) is 46.8. The van der Waals surface area contributed by atoms with Gasteiger partial charge in [-0.2, -0.15) is 6.42 Å². The van der Waals surface area contributed by atoms with E-state index in [-0.39, 0.29) is 11.6 Å². The van der Waals surface area contributed by atoms with Gasteiger partial charge in [0, 0.05) is 27.7 Å². The van der Waals surface area contributed by atoms with E-state index >= 15 is 0 Å². The van der Waals surface area contributed by atoms with Crippen LogP contribution in [0.25, 0.3) is 0 Å². The minimum absolute atomic E-state index is 0.125. The third-order valence-corrected chi connectivity index (χ3v) is 0.418. The fourth-order valence-corrected chi connectivity index (χ4v) is 0.302. The van der Waals surface area contributed by atoms with Crippen molar-refractivity contribution in [3.05, 3.63) is 6.42 Å². The van der Waals surface area contributed by atoms with E-state index in [1.54, 1.807) is 13.8 Å². The zero-order chi connectivity index (χ0) is 14.0. The van der Waals surface area contributed by atoms with Crippen LogP contribution in [-0.4, -0.2) is 44.6 Å². The summed E-state index contributed by atoms with van der Waals surface area (Å²) in [6, 6.07) is 0. The van der Waals surface area contributed by atoms with Crippen LogP contribution in [-0.2, 0) is 17.6 Å². The molecule has 0 radical (unpaired) electrons. The molecule has 0 fully saturated rings. The van der Waals surface area contributed by atoms with Crippen molar-refractivity contribution in [3.63, 3.8) is 0 Å². The van der Waals surface area contributed by atoms with Gasteiger partial charge in [0.25, 0.3) is 0 Å². The van der Waals surface area contributed by atoms with E-state index in [1.807, 2.05) is 0 Å². The van der Waals surface area contributed by atoms with Crippen molar-refractivity contribution in [3.8, 4) is 0 Å². The number of ketones is 2. The summed E-state index contributed by atoms with van der Waals surface area (Å²) in [5.74, 6) is 0.250. The van der Waals surface area contributed by atoms with Crippen LogP contribution >= 0.6 is 18.4 Å². The summed E-state index contributed by atoms with van der Waals surface area (Å²) in [6.07, 6.45) is 1.28. The van der Waals surface area contributed by atoms with E-state index < -0.39 is 17.6 Å². The second kappa shape index (κ2) is 29.5. The minimum atomic E-state index is -0.889. The van der Waals surface area contributed by atoms with E-state index in [0.29, 0.717) is 13.2 Å². The molecule has 0 saturated heterocycles. The van der Waals surface area contributed by atoms with Crippen LogP contribution in [0.15, 0.2) is 0 Å². The summed E-state index contributed by atoms with van der Waals surface area (Å²) in [7, 11) is 9.89. The number of halogens is 2. The van der Waals surface area contributed by atoms with Crippen LogP contribution in [0.2, 0.25) is 0 Å². The van der Waals surface area contributed by atoms with Gasteiger partial charge < -0.3 is 19.8 Å². The maximum atomic E-state index is 8.40. The quantitative estimate of drug-likeness (QED) is 0.346. The fraction of sp³-hybridized carbons (Fsp3) is 0.667. The van der Waals surface area contributed by atoms with Gasteiger partial charge in [0.05, 0.1) is 0 Å². The molecule has 0 unspecified atom stereocenters. The number of hydrogen-bond donors (Lipinski definition) is 0. The predicted molar refractivity (Wildman–Crippen MR) is 69.5 cm³/mol. The molecule has 0 amide bonds. The van der Waals surface area contributed by atoms with E-state index in [4.69, 9.17) is 38.2 Å². The molecule has 0 heterocycles. The number of rotatable bonds is 2. The SMILES string of the molecule is CC(=[OH+])[CH-]C(C)=[OH+].CC[OH2+].CC[OH2+].[Cl][Ta][Cl]. The van der Waals surface area contributed by atoms with Crippen LogP contribution in [0.5, 0.6) is 0 Å². The molecule has 0 aromatic heterocycles. The monoisotopic (exact) mass is 446 g/mol. The van der Waals surface area contributed by atoms with Gasteiger partial charge in [-0.1, -0.05) is 0 Å². The Bertz CT molecular complexity index is 129. The average molecular weight is 447 g/mol. The van der Waals surface area contributed by atoms with Crippen LogP contribution in [0, 0.1) is 6.42 Å². The summed E-state index contributed by atoms with van der Waals surface area (Å²) in [5, 5.41) is 12.4. The van der Waals surface area contributed by atoms with Crippen molar-refractivity contribution >= 4 is 29.9 Å². The van der Waals surface area contributed by atoms with Gasteiger partial charge in [-0.3, -0.25) is 0 Å². The molecule has 6 N–H and O–H groups in total. The molecule has 0 rings (SSSR count). The van der Waals surface area contributed by atoms with Gasteiger partial charge >= 0.3 is 36.0 Å². The topological polar surface area (TPSA) is 88.6 Å². The summed E-state index contributed by atoms with van der Waals surface area (Å²) in [4.78, 5) is 16.8. The standard InChI is InChI=1S/C5H7O2.2C2H6O.2ClH.Ta/c1-4(6)3-5(2)7;2*1-2-3;;;/h3H,1-2H3;2*3H,2H2,1H3;2*1H;/q-1;;;;;+2/p+2. The van der Waals surface area contributed by atoms with E-state index in [0.717, 1.165) is 0 Å². The third kappa shape index (κ3) is 132. The first-order valence-corrected chi connectivity index (χ1v) is 12.4. The zero-order valence-corrected chi connectivity index (χ0v) is 14.8. The molecule has 0 spiro atoms. The maximum absolute atomic E-state index is 8.40. The van der Waals surface area contributed by atoms with Crippen molar-refractivity contribution in [2.75, 3.05) is 13.2 Å². The fourth-order valence-electron chi connectivity index (χ4n) is 0.302. The van der Waals surface area contributed by atoms with E-state index in [1.165, 1.54) is 20.3 Å². The molecular formula is C9H23Cl2O4Ta+3. The Hall–Kier alpha value is 0.450. The van der Waals surface area contributed by atoms with Crippen molar-refractivity contribution in [1.82, 2.24) is 0 Å². The van der Waals surface area contributed by atoms with Gasteiger partial charge in [-0.05, 0) is 0 Å². The van der Waals surface area contributed by atoms with Gasteiger partial charge in [-0.15, -0.1) is 0 Å². The first-order valence-electron chi connectivity index (χ1n) is 4.48. The van der Waals surface area contributed by atoms with E-state index in [9.17, 15) is 0 Å². The summed E-state index contributed by atoms with van der Waals surface area (Å²) < 4.78 is 0. The predicted octanol–water partition coefficient (Wildman–Crippen LogP) is 1.16. The average Bonchev–Trinajstić information content (AvgIpc) is 2.04. The van der Waals surface area contributed by atoms with Gasteiger partial charge in [-0.25, -0.2) is 0 Å². The summed E-state index contributed by atoms with van der Waals surface area (Å²) >= 11 is -0.889. The Labute approximate surface area is 114 Å². The Morgan fingerprint density at radius 3 is 1.19 bits per heavy atom. The molecule has 99 valence electrons. The van der Waals surface area contributed by atoms with Crippen LogP contribution in [0.4, 0.5) is 0 Å². The second-order valence-electron chi connectivity index (χ2n) is 2.20. The van der Waals surface area contributed by atoms with Gasteiger partial charge in [0.15, 0.2) is 11.6 Å².